The molecular weight excluding hydrogens is 333 g/mol. The standard InChI is InChI=1S/C12H21ClN3O5P/c1-4-19-22(18,20-5-2)9-12(21-10(3)17)8-16-7-11(6-13)14-15-16/h7,12H,4-6,8-9H2,1-3H3. The SMILES string of the molecule is CCOP(=O)(CC(Cn1cc(CCl)nn1)OC(C)=O)OCC. The van der Waals surface area contributed by atoms with E-state index in [1.165, 1.54) is 11.6 Å². The molecule has 0 bridgehead atoms. The van der Waals surface area contributed by atoms with Crippen molar-refractivity contribution in [3.05, 3.63) is 11.9 Å². The molecule has 0 aliphatic heterocycles. The van der Waals surface area contributed by atoms with Crippen LogP contribution in [0.1, 0.15) is 26.5 Å². The van der Waals surface area contributed by atoms with E-state index in [1.54, 1.807) is 20.0 Å². The second-order valence-electron chi connectivity index (χ2n) is 4.43. The Balaban J connectivity index is 2.82. The van der Waals surface area contributed by atoms with Crippen molar-refractivity contribution in [3.8, 4) is 0 Å². The molecule has 10 heteroatoms. The van der Waals surface area contributed by atoms with Crippen LogP contribution in [0.5, 0.6) is 0 Å². The molecule has 0 aliphatic rings. The summed E-state index contributed by atoms with van der Waals surface area (Å²) in [6, 6.07) is 0. The highest BCUT2D eigenvalue weighted by molar-refractivity contribution is 7.53. The maximum atomic E-state index is 12.6. The third-order valence-electron chi connectivity index (χ3n) is 2.53. The van der Waals surface area contributed by atoms with Crippen molar-refractivity contribution in [2.75, 3.05) is 19.4 Å². The molecule has 0 saturated carbocycles. The van der Waals surface area contributed by atoms with Gasteiger partial charge in [0.2, 0.25) is 0 Å². The first-order chi connectivity index (χ1) is 10.4. The fourth-order valence-corrected chi connectivity index (χ4v) is 3.73. The number of carbonyl (C=O) groups is 1. The first-order valence-corrected chi connectivity index (χ1v) is 9.19. The molecule has 0 amide bonds. The lowest BCUT2D eigenvalue weighted by Gasteiger charge is -2.22. The number of halogens is 1. The molecule has 1 unspecified atom stereocenters. The molecule has 0 N–H and O–H groups in total. The summed E-state index contributed by atoms with van der Waals surface area (Å²) in [5.74, 6) is -0.253. The quantitative estimate of drug-likeness (QED) is 0.361. The van der Waals surface area contributed by atoms with Crippen LogP contribution in [0.4, 0.5) is 0 Å². The van der Waals surface area contributed by atoms with Gasteiger partial charge in [-0.15, -0.1) is 16.7 Å². The third kappa shape index (κ3) is 6.44. The number of carbonyl (C=O) groups excluding carboxylic acids is 1. The van der Waals surface area contributed by atoms with Crippen molar-refractivity contribution in [3.63, 3.8) is 0 Å². The van der Waals surface area contributed by atoms with Crippen molar-refractivity contribution < 1.29 is 23.1 Å². The van der Waals surface area contributed by atoms with Crippen LogP contribution in [0.15, 0.2) is 6.20 Å². The average Bonchev–Trinajstić information content (AvgIpc) is 2.85. The van der Waals surface area contributed by atoms with Crippen LogP contribution >= 0.6 is 19.2 Å². The largest absolute Gasteiger partial charge is 0.460 e. The van der Waals surface area contributed by atoms with Gasteiger partial charge in [-0.3, -0.25) is 9.36 Å². The second-order valence-corrected chi connectivity index (χ2v) is 6.80. The number of hydrogen-bond acceptors (Lipinski definition) is 7. The zero-order valence-corrected chi connectivity index (χ0v) is 14.5. The van der Waals surface area contributed by atoms with Gasteiger partial charge in [0.05, 0.1) is 37.5 Å². The van der Waals surface area contributed by atoms with Crippen LogP contribution in [0.3, 0.4) is 0 Å². The van der Waals surface area contributed by atoms with Gasteiger partial charge < -0.3 is 13.8 Å². The fourth-order valence-electron chi connectivity index (χ4n) is 1.85. The van der Waals surface area contributed by atoms with Crippen LogP contribution in [-0.2, 0) is 35.6 Å². The van der Waals surface area contributed by atoms with Crippen LogP contribution < -0.4 is 0 Å². The Kier molecular flexibility index (Phi) is 8.03. The molecule has 0 aliphatic carbocycles. The number of esters is 1. The number of ether oxygens (including phenoxy) is 1. The maximum Gasteiger partial charge on any atom is 0.334 e. The van der Waals surface area contributed by atoms with Crippen LogP contribution in [0.25, 0.3) is 0 Å². The van der Waals surface area contributed by atoms with Crippen LogP contribution in [0.2, 0.25) is 0 Å². The summed E-state index contributed by atoms with van der Waals surface area (Å²) < 4.78 is 29.7. The van der Waals surface area contributed by atoms with E-state index in [-0.39, 0.29) is 31.8 Å². The van der Waals surface area contributed by atoms with Crippen LogP contribution in [0, 0.1) is 0 Å². The minimum atomic E-state index is -3.33. The number of rotatable bonds is 10. The minimum absolute atomic E-state index is 0.0513. The first kappa shape index (κ1) is 19.1. The third-order valence-corrected chi connectivity index (χ3v) is 4.96. The molecule has 1 aromatic heterocycles. The van der Waals surface area contributed by atoms with Gasteiger partial charge in [-0.2, -0.15) is 0 Å². The predicted octanol–water partition coefficient (Wildman–Crippen LogP) is 2.21. The lowest BCUT2D eigenvalue weighted by atomic mass is 10.4. The van der Waals surface area contributed by atoms with Gasteiger partial charge in [0.1, 0.15) is 6.10 Å². The summed E-state index contributed by atoms with van der Waals surface area (Å²) in [6.07, 6.45) is 0.881. The molecule has 0 fully saturated rings. The Labute approximate surface area is 134 Å². The molecule has 0 radical (unpaired) electrons. The van der Waals surface area contributed by atoms with E-state index in [0.29, 0.717) is 5.69 Å². The zero-order chi connectivity index (χ0) is 16.6. The molecule has 1 atom stereocenters. The van der Waals surface area contributed by atoms with Crippen molar-refractivity contribution in [1.82, 2.24) is 15.0 Å². The summed E-state index contributed by atoms with van der Waals surface area (Å²) >= 11 is 5.66. The first-order valence-electron chi connectivity index (χ1n) is 6.92. The zero-order valence-electron chi connectivity index (χ0n) is 12.9. The Bertz CT molecular complexity index is 515. The Morgan fingerprint density at radius 2 is 2.05 bits per heavy atom. The van der Waals surface area contributed by atoms with Crippen molar-refractivity contribution >= 4 is 25.2 Å². The fraction of sp³-hybridized carbons (Fsp3) is 0.750. The van der Waals surface area contributed by atoms with E-state index in [9.17, 15) is 9.36 Å². The Morgan fingerprint density at radius 1 is 1.41 bits per heavy atom. The summed E-state index contributed by atoms with van der Waals surface area (Å²) in [5.41, 5.74) is 0.598. The molecule has 8 nitrogen and oxygen atoms in total. The van der Waals surface area contributed by atoms with Crippen LogP contribution in [-0.4, -0.2) is 46.4 Å². The number of alkyl halides is 1. The molecule has 22 heavy (non-hydrogen) atoms. The van der Waals surface area contributed by atoms with Gasteiger partial charge in [-0.1, -0.05) is 5.21 Å². The Hall–Kier alpha value is -0.950. The normalized spacial score (nSPS) is 13.1. The molecule has 0 saturated heterocycles. The van der Waals surface area contributed by atoms with E-state index in [1.807, 2.05) is 0 Å². The smallest absolute Gasteiger partial charge is 0.334 e. The van der Waals surface area contributed by atoms with E-state index in [4.69, 9.17) is 25.4 Å². The summed E-state index contributed by atoms with van der Waals surface area (Å²) in [4.78, 5) is 11.2. The van der Waals surface area contributed by atoms with Crippen molar-refractivity contribution in [1.29, 1.82) is 0 Å². The van der Waals surface area contributed by atoms with Gasteiger partial charge in [-0.25, -0.2) is 4.68 Å². The molecule has 0 spiro atoms. The summed E-state index contributed by atoms with van der Waals surface area (Å²) in [7, 11) is -3.33. The van der Waals surface area contributed by atoms with Gasteiger partial charge in [-0.05, 0) is 13.8 Å². The van der Waals surface area contributed by atoms with E-state index >= 15 is 0 Å². The molecular formula is C12H21ClN3O5P. The van der Waals surface area contributed by atoms with Crippen molar-refractivity contribution in [2.24, 2.45) is 0 Å². The lowest BCUT2D eigenvalue weighted by molar-refractivity contribution is -0.146. The maximum absolute atomic E-state index is 12.6. The Morgan fingerprint density at radius 3 is 2.50 bits per heavy atom. The summed E-state index contributed by atoms with van der Waals surface area (Å²) in [6.45, 7) is 5.39. The monoisotopic (exact) mass is 353 g/mol. The highest BCUT2D eigenvalue weighted by Gasteiger charge is 2.30. The van der Waals surface area contributed by atoms with Gasteiger partial charge in [0.25, 0.3) is 0 Å². The molecule has 1 heterocycles. The van der Waals surface area contributed by atoms with E-state index in [2.05, 4.69) is 10.3 Å². The highest BCUT2D eigenvalue weighted by Crippen LogP contribution is 2.49. The molecule has 0 aromatic carbocycles. The number of nitrogens with zero attached hydrogens (tertiary/aromatic N) is 3. The topological polar surface area (TPSA) is 92.5 Å². The van der Waals surface area contributed by atoms with Gasteiger partial charge in [0, 0.05) is 13.1 Å². The van der Waals surface area contributed by atoms with Gasteiger partial charge >= 0.3 is 13.6 Å². The number of aromatic nitrogens is 3. The molecule has 1 rings (SSSR count). The van der Waals surface area contributed by atoms with E-state index < -0.39 is 19.7 Å². The number of hydrogen-bond donors (Lipinski definition) is 0. The average molecular weight is 354 g/mol. The van der Waals surface area contributed by atoms with Crippen molar-refractivity contribution in [2.45, 2.75) is 39.3 Å². The van der Waals surface area contributed by atoms with Gasteiger partial charge in [0.15, 0.2) is 0 Å². The molecule has 126 valence electrons. The molecule has 1 aromatic rings. The van der Waals surface area contributed by atoms with E-state index in [0.717, 1.165) is 0 Å². The highest BCUT2D eigenvalue weighted by atomic mass is 35.5. The lowest BCUT2D eigenvalue weighted by Crippen LogP contribution is -2.27. The minimum Gasteiger partial charge on any atom is -0.460 e. The second kappa shape index (κ2) is 9.25. The predicted molar refractivity (Wildman–Crippen MR) is 80.9 cm³/mol. The summed E-state index contributed by atoms with van der Waals surface area (Å²) in [5, 5.41) is 7.72.